The first-order valence-electron chi connectivity index (χ1n) is 2.03. The topological polar surface area (TPSA) is 12.9 Å². The maximum absolute atomic E-state index is 4.02. The Morgan fingerprint density at radius 2 is 2.57 bits per heavy atom. The predicted octanol–water partition coefficient (Wildman–Crippen LogP) is 1.63. The molecule has 0 fully saturated rings. The highest BCUT2D eigenvalue weighted by molar-refractivity contribution is 7.09. The third kappa shape index (κ3) is 0.996. The van der Waals surface area contributed by atoms with Crippen LogP contribution >= 0.6 is 11.3 Å². The average Bonchev–Trinajstić information content (AvgIpc) is 1.87. The lowest BCUT2D eigenvalue weighted by molar-refractivity contribution is 1.24. The Morgan fingerprint density at radius 1 is 1.86 bits per heavy atom. The second kappa shape index (κ2) is 1.62. The van der Waals surface area contributed by atoms with Crippen molar-refractivity contribution in [1.82, 2.24) is 4.98 Å². The molecule has 0 saturated carbocycles. The minimum absolute atomic E-state index is 0.900. The SMILES string of the molecule is [CH2]c1nc(C)cs1. The van der Waals surface area contributed by atoms with Crippen LogP contribution < -0.4 is 0 Å². The van der Waals surface area contributed by atoms with Crippen LogP contribution in [0.2, 0.25) is 0 Å². The molecule has 37 valence electrons. The summed E-state index contributed by atoms with van der Waals surface area (Å²) in [5.41, 5.74) is 1.06. The Morgan fingerprint density at radius 3 is 2.71 bits per heavy atom. The van der Waals surface area contributed by atoms with Gasteiger partial charge in [0.15, 0.2) is 0 Å². The number of hydrogen-bond acceptors (Lipinski definition) is 2. The standard InChI is InChI=1S/C5H6NS/c1-4-3-7-5(2)6-4/h3H,2H2,1H3. The Kier molecular flexibility index (Phi) is 1.11. The molecule has 1 radical (unpaired) electrons. The zero-order valence-electron chi connectivity index (χ0n) is 4.14. The van der Waals surface area contributed by atoms with E-state index in [9.17, 15) is 0 Å². The van der Waals surface area contributed by atoms with E-state index in [1.165, 1.54) is 0 Å². The van der Waals surface area contributed by atoms with Gasteiger partial charge in [-0.15, -0.1) is 11.3 Å². The lowest BCUT2D eigenvalue weighted by Gasteiger charge is -1.70. The molecule has 0 aliphatic heterocycles. The van der Waals surface area contributed by atoms with Crippen LogP contribution in [0.1, 0.15) is 10.7 Å². The summed E-state index contributed by atoms with van der Waals surface area (Å²) in [6.07, 6.45) is 0. The fraction of sp³-hybridized carbons (Fsp3) is 0.200. The average molecular weight is 112 g/mol. The normalized spacial score (nSPS) is 9.43. The Labute approximate surface area is 47.0 Å². The summed E-state index contributed by atoms with van der Waals surface area (Å²) in [5, 5.41) is 2.89. The molecule has 1 rings (SSSR count). The van der Waals surface area contributed by atoms with E-state index in [2.05, 4.69) is 11.9 Å². The molecular formula is C5H6NS. The molecule has 1 aromatic rings. The van der Waals surface area contributed by atoms with Crippen LogP contribution in [0.25, 0.3) is 0 Å². The molecule has 0 unspecified atom stereocenters. The predicted molar refractivity (Wildman–Crippen MR) is 31.3 cm³/mol. The highest BCUT2D eigenvalue weighted by Crippen LogP contribution is 2.04. The summed E-state index contributed by atoms with van der Waals surface area (Å²) < 4.78 is 0. The fourth-order valence-corrected chi connectivity index (χ4v) is 0.959. The first-order valence-corrected chi connectivity index (χ1v) is 2.91. The van der Waals surface area contributed by atoms with Gasteiger partial charge in [0.25, 0.3) is 0 Å². The molecule has 2 heteroatoms. The van der Waals surface area contributed by atoms with Gasteiger partial charge in [0.2, 0.25) is 0 Å². The molecular weight excluding hydrogens is 106 g/mol. The van der Waals surface area contributed by atoms with E-state index in [-0.39, 0.29) is 0 Å². The van der Waals surface area contributed by atoms with E-state index in [1.54, 1.807) is 11.3 Å². The van der Waals surface area contributed by atoms with Gasteiger partial charge in [0, 0.05) is 18.0 Å². The summed E-state index contributed by atoms with van der Waals surface area (Å²) >= 11 is 1.58. The van der Waals surface area contributed by atoms with Crippen LogP contribution in [0.15, 0.2) is 5.38 Å². The summed E-state index contributed by atoms with van der Waals surface area (Å²) in [4.78, 5) is 4.02. The van der Waals surface area contributed by atoms with Crippen LogP contribution in [0.3, 0.4) is 0 Å². The van der Waals surface area contributed by atoms with Crippen molar-refractivity contribution in [1.29, 1.82) is 0 Å². The lowest BCUT2D eigenvalue weighted by Crippen LogP contribution is -1.67. The highest BCUT2D eigenvalue weighted by atomic mass is 32.1. The second-order valence-electron chi connectivity index (χ2n) is 1.38. The van der Waals surface area contributed by atoms with Gasteiger partial charge in [0.1, 0.15) is 0 Å². The van der Waals surface area contributed by atoms with Gasteiger partial charge >= 0.3 is 0 Å². The molecule has 0 N–H and O–H groups in total. The number of hydrogen-bond donors (Lipinski definition) is 0. The third-order valence-corrected chi connectivity index (χ3v) is 1.49. The van der Waals surface area contributed by atoms with E-state index < -0.39 is 0 Å². The smallest absolute Gasteiger partial charge is 0.0932 e. The maximum Gasteiger partial charge on any atom is 0.0932 e. The Balaban J connectivity index is 3.04. The number of thiazole rings is 1. The molecule has 0 spiro atoms. The molecule has 0 atom stereocenters. The molecule has 1 nitrogen and oxygen atoms in total. The van der Waals surface area contributed by atoms with E-state index in [0.717, 1.165) is 10.7 Å². The van der Waals surface area contributed by atoms with Crippen molar-refractivity contribution < 1.29 is 0 Å². The quantitative estimate of drug-likeness (QED) is 0.497. The zero-order chi connectivity index (χ0) is 5.28. The van der Waals surface area contributed by atoms with Crippen molar-refractivity contribution in [3.63, 3.8) is 0 Å². The van der Waals surface area contributed by atoms with Gasteiger partial charge in [-0.1, -0.05) is 0 Å². The summed E-state index contributed by atoms with van der Waals surface area (Å²) in [6.45, 7) is 5.61. The van der Waals surface area contributed by atoms with Gasteiger partial charge in [0.05, 0.1) is 5.01 Å². The summed E-state index contributed by atoms with van der Waals surface area (Å²) in [5.74, 6) is 0. The molecule has 7 heavy (non-hydrogen) atoms. The van der Waals surface area contributed by atoms with E-state index in [1.807, 2.05) is 12.3 Å². The molecule has 0 saturated heterocycles. The van der Waals surface area contributed by atoms with Crippen molar-refractivity contribution in [3.05, 3.63) is 23.0 Å². The van der Waals surface area contributed by atoms with Gasteiger partial charge in [-0.05, 0) is 6.92 Å². The molecule has 1 heterocycles. The highest BCUT2D eigenvalue weighted by Gasteiger charge is 1.86. The minimum Gasteiger partial charge on any atom is -0.247 e. The van der Waals surface area contributed by atoms with Gasteiger partial charge in [-0.25, -0.2) is 4.98 Å². The fourth-order valence-electron chi connectivity index (χ4n) is 0.403. The number of aromatic nitrogens is 1. The van der Waals surface area contributed by atoms with E-state index >= 15 is 0 Å². The van der Waals surface area contributed by atoms with Crippen LogP contribution in [-0.2, 0) is 0 Å². The van der Waals surface area contributed by atoms with Crippen molar-refractivity contribution >= 4 is 11.3 Å². The van der Waals surface area contributed by atoms with Gasteiger partial charge in [-0.3, -0.25) is 0 Å². The van der Waals surface area contributed by atoms with Crippen LogP contribution in [0.5, 0.6) is 0 Å². The molecule has 0 aliphatic carbocycles. The van der Waals surface area contributed by atoms with Crippen molar-refractivity contribution in [2.75, 3.05) is 0 Å². The van der Waals surface area contributed by atoms with Crippen molar-refractivity contribution in [3.8, 4) is 0 Å². The number of nitrogens with zero attached hydrogens (tertiary/aromatic N) is 1. The first kappa shape index (κ1) is 4.78. The monoisotopic (exact) mass is 112 g/mol. The largest absolute Gasteiger partial charge is 0.247 e. The number of rotatable bonds is 0. The Hall–Kier alpha value is -0.370. The zero-order valence-corrected chi connectivity index (χ0v) is 4.96. The molecule has 0 aliphatic rings. The van der Waals surface area contributed by atoms with E-state index in [4.69, 9.17) is 0 Å². The van der Waals surface area contributed by atoms with Gasteiger partial charge < -0.3 is 0 Å². The van der Waals surface area contributed by atoms with Crippen LogP contribution in [0, 0.1) is 13.8 Å². The third-order valence-electron chi connectivity index (χ3n) is 0.667. The number of aryl methyl sites for hydroxylation is 1. The van der Waals surface area contributed by atoms with Gasteiger partial charge in [-0.2, -0.15) is 0 Å². The molecule has 0 amide bonds. The molecule has 0 bridgehead atoms. The second-order valence-corrected chi connectivity index (χ2v) is 2.33. The van der Waals surface area contributed by atoms with Crippen LogP contribution in [0.4, 0.5) is 0 Å². The maximum atomic E-state index is 4.02. The van der Waals surface area contributed by atoms with Crippen molar-refractivity contribution in [2.45, 2.75) is 6.92 Å². The minimum atomic E-state index is 0.900. The lowest BCUT2D eigenvalue weighted by atomic mass is 10.6. The Bertz CT molecular complexity index is 140. The first-order chi connectivity index (χ1) is 3.29. The molecule has 0 aromatic carbocycles. The van der Waals surface area contributed by atoms with Crippen LogP contribution in [-0.4, -0.2) is 4.98 Å². The van der Waals surface area contributed by atoms with E-state index in [0.29, 0.717) is 0 Å². The summed E-state index contributed by atoms with van der Waals surface area (Å²) in [7, 11) is 0. The van der Waals surface area contributed by atoms with Crippen molar-refractivity contribution in [2.24, 2.45) is 0 Å². The summed E-state index contributed by atoms with van der Waals surface area (Å²) in [6, 6.07) is 0. The molecule has 1 aromatic heterocycles.